The molecule has 1 aromatic heterocycles. The zero-order chi connectivity index (χ0) is 24.8. The van der Waals surface area contributed by atoms with Crippen molar-refractivity contribution in [1.29, 1.82) is 0 Å². The highest BCUT2D eigenvalue weighted by Crippen LogP contribution is 2.23. The predicted octanol–water partition coefficient (Wildman–Crippen LogP) is 3.95. The Morgan fingerprint density at radius 1 is 1.00 bits per heavy atom. The molecule has 1 saturated heterocycles. The molecule has 3 aromatic rings. The smallest absolute Gasteiger partial charge is 0.263 e. The summed E-state index contributed by atoms with van der Waals surface area (Å²) in [5, 5.41) is 5.71. The van der Waals surface area contributed by atoms with Crippen LogP contribution in [0, 0.1) is 6.92 Å². The van der Waals surface area contributed by atoms with E-state index in [2.05, 4.69) is 21.6 Å². The molecule has 7 nitrogen and oxygen atoms in total. The number of aryl methyl sites for hydroxylation is 1. The maximum Gasteiger partial charge on any atom is 0.263 e. The highest BCUT2D eigenvalue weighted by atomic mass is 16.2. The van der Waals surface area contributed by atoms with Gasteiger partial charge in [0.1, 0.15) is 5.56 Å². The van der Waals surface area contributed by atoms with Crippen molar-refractivity contribution in [3.63, 3.8) is 0 Å². The van der Waals surface area contributed by atoms with Gasteiger partial charge >= 0.3 is 0 Å². The van der Waals surface area contributed by atoms with Gasteiger partial charge in [0.2, 0.25) is 5.91 Å². The molecule has 2 aromatic carbocycles. The molecule has 4 rings (SSSR count). The third-order valence-electron chi connectivity index (χ3n) is 6.17. The van der Waals surface area contributed by atoms with Gasteiger partial charge < -0.3 is 20.1 Å². The molecule has 1 aliphatic rings. The van der Waals surface area contributed by atoms with Crippen molar-refractivity contribution in [2.24, 2.45) is 0 Å². The molecule has 0 saturated carbocycles. The molecule has 1 fully saturated rings. The zero-order valence-corrected chi connectivity index (χ0v) is 20.3. The molecule has 1 unspecified atom stereocenters. The topological polar surface area (TPSA) is 83.4 Å². The van der Waals surface area contributed by atoms with Crippen molar-refractivity contribution in [2.75, 3.05) is 23.3 Å². The third kappa shape index (κ3) is 6.38. The summed E-state index contributed by atoms with van der Waals surface area (Å²) in [7, 11) is 0. The van der Waals surface area contributed by atoms with Gasteiger partial charge in [-0.3, -0.25) is 14.4 Å². The number of nitrogens with zero attached hydrogens (tertiary/aromatic N) is 2. The average molecular weight is 473 g/mol. The molecule has 35 heavy (non-hydrogen) atoms. The van der Waals surface area contributed by atoms with Gasteiger partial charge in [0, 0.05) is 43.1 Å². The highest BCUT2D eigenvalue weighted by molar-refractivity contribution is 5.95. The lowest BCUT2D eigenvalue weighted by Crippen LogP contribution is -2.39. The SMILES string of the molecule is Cc1cccc(Cn2cccc(C(=O)NC(C)CC(=O)Nc3cccc(N4CCCC4)c3)c2=O)c1. The number of benzene rings is 2. The number of anilines is 2. The minimum atomic E-state index is -0.482. The first-order chi connectivity index (χ1) is 16.9. The number of rotatable bonds is 8. The molecule has 0 aliphatic carbocycles. The van der Waals surface area contributed by atoms with Crippen LogP contribution < -0.4 is 21.1 Å². The summed E-state index contributed by atoms with van der Waals surface area (Å²) in [5.41, 5.74) is 3.64. The Bertz CT molecular complexity index is 1260. The Labute approximate surface area is 205 Å². The molecule has 1 atom stereocenters. The van der Waals surface area contributed by atoms with Crippen LogP contribution in [0.5, 0.6) is 0 Å². The monoisotopic (exact) mass is 472 g/mol. The third-order valence-corrected chi connectivity index (χ3v) is 6.17. The minimum absolute atomic E-state index is 0.0609. The number of carbonyl (C=O) groups excluding carboxylic acids is 2. The van der Waals surface area contributed by atoms with Crippen LogP contribution in [0.3, 0.4) is 0 Å². The molecular weight excluding hydrogens is 440 g/mol. The largest absolute Gasteiger partial charge is 0.371 e. The Morgan fingerprint density at radius 2 is 1.77 bits per heavy atom. The zero-order valence-electron chi connectivity index (χ0n) is 20.3. The summed E-state index contributed by atoms with van der Waals surface area (Å²) in [4.78, 5) is 40.6. The van der Waals surface area contributed by atoms with Crippen molar-refractivity contribution >= 4 is 23.2 Å². The van der Waals surface area contributed by atoms with Crippen molar-refractivity contribution in [3.05, 3.63) is 93.9 Å². The summed E-state index contributed by atoms with van der Waals surface area (Å²) in [6, 6.07) is 18.5. The van der Waals surface area contributed by atoms with Gasteiger partial charge in [-0.1, -0.05) is 35.9 Å². The first-order valence-electron chi connectivity index (χ1n) is 12.1. The second-order valence-corrected chi connectivity index (χ2v) is 9.22. The normalized spacial score (nSPS) is 13.9. The van der Waals surface area contributed by atoms with E-state index in [1.807, 2.05) is 49.4 Å². The lowest BCUT2D eigenvalue weighted by Gasteiger charge is -2.19. The summed E-state index contributed by atoms with van der Waals surface area (Å²) in [6.07, 6.45) is 4.15. The molecule has 1 aliphatic heterocycles. The molecule has 182 valence electrons. The molecule has 0 bridgehead atoms. The van der Waals surface area contributed by atoms with Crippen molar-refractivity contribution in [2.45, 2.75) is 45.7 Å². The van der Waals surface area contributed by atoms with Crippen LogP contribution in [0.2, 0.25) is 0 Å². The van der Waals surface area contributed by atoms with Gasteiger partial charge in [-0.25, -0.2) is 0 Å². The Morgan fingerprint density at radius 3 is 2.54 bits per heavy atom. The molecular formula is C28H32N4O3. The van der Waals surface area contributed by atoms with Gasteiger partial charge in [-0.2, -0.15) is 0 Å². The fraction of sp³-hybridized carbons (Fsp3) is 0.321. The lowest BCUT2D eigenvalue weighted by molar-refractivity contribution is -0.116. The number of pyridine rings is 1. The second-order valence-electron chi connectivity index (χ2n) is 9.22. The van der Waals surface area contributed by atoms with Gasteiger partial charge in [-0.05, 0) is 62.6 Å². The van der Waals surface area contributed by atoms with Gasteiger partial charge in [0.15, 0.2) is 0 Å². The summed E-state index contributed by atoms with van der Waals surface area (Å²) in [6.45, 7) is 6.21. The molecule has 0 spiro atoms. The Kier molecular flexibility index (Phi) is 7.65. The first kappa shape index (κ1) is 24.3. The highest BCUT2D eigenvalue weighted by Gasteiger charge is 2.18. The molecule has 2 N–H and O–H groups in total. The predicted molar refractivity (Wildman–Crippen MR) is 139 cm³/mol. The van der Waals surface area contributed by atoms with E-state index in [0.29, 0.717) is 6.54 Å². The maximum absolute atomic E-state index is 12.9. The van der Waals surface area contributed by atoms with E-state index in [4.69, 9.17) is 0 Å². The van der Waals surface area contributed by atoms with E-state index in [1.54, 1.807) is 19.2 Å². The average Bonchev–Trinajstić information content (AvgIpc) is 3.35. The molecule has 7 heteroatoms. The summed E-state index contributed by atoms with van der Waals surface area (Å²) >= 11 is 0. The molecule has 0 radical (unpaired) electrons. The van der Waals surface area contributed by atoms with Crippen LogP contribution in [0.25, 0.3) is 0 Å². The Hall–Kier alpha value is -3.87. The number of hydrogen-bond donors (Lipinski definition) is 2. The summed E-state index contributed by atoms with van der Waals surface area (Å²) < 4.78 is 1.52. The van der Waals surface area contributed by atoms with Crippen LogP contribution in [0.1, 0.15) is 47.7 Å². The van der Waals surface area contributed by atoms with Crippen molar-refractivity contribution < 1.29 is 9.59 Å². The van der Waals surface area contributed by atoms with E-state index in [-0.39, 0.29) is 23.5 Å². The number of amides is 2. The van der Waals surface area contributed by atoms with Crippen LogP contribution >= 0.6 is 0 Å². The van der Waals surface area contributed by atoms with E-state index >= 15 is 0 Å². The van der Waals surface area contributed by atoms with Gasteiger partial charge in [-0.15, -0.1) is 0 Å². The number of nitrogens with one attached hydrogen (secondary N) is 2. The molecule has 2 amide bonds. The van der Waals surface area contributed by atoms with E-state index in [0.717, 1.165) is 35.6 Å². The van der Waals surface area contributed by atoms with Gasteiger partial charge in [0.05, 0.1) is 6.54 Å². The van der Waals surface area contributed by atoms with E-state index in [9.17, 15) is 14.4 Å². The van der Waals surface area contributed by atoms with Crippen LogP contribution in [-0.4, -0.2) is 35.5 Å². The maximum atomic E-state index is 12.9. The number of aromatic nitrogens is 1. The fourth-order valence-corrected chi connectivity index (χ4v) is 4.44. The van der Waals surface area contributed by atoms with Crippen LogP contribution in [0.15, 0.2) is 71.7 Å². The minimum Gasteiger partial charge on any atom is -0.371 e. The number of carbonyl (C=O) groups is 2. The first-order valence-corrected chi connectivity index (χ1v) is 12.1. The fourth-order valence-electron chi connectivity index (χ4n) is 4.44. The van der Waals surface area contributed by atoms with Crippen molar-refractivity contribution in [3.8, 4) is 0 Å². The van der Waals surface area contributed by atoms with E-state index in [1.165, 1.54) is 23.5 Å². The standard InChI is InChI=1S/C28H32N4O3/c1-20-8-5-9-22(16-20)19-32-15-7-12-25(28(32)35)27(34)29-21(2)17-26(33)30-23-10-6-11-24(18-23)31-13-3-4-14-31/h5-12,15-16,18,21H,3-4,13-14,17,19H2,1-2H3,(H,29,34)(H,30,33). The summed E-state index contributed by atoms with van der Waals surface area (Å²) in [5.74, 6) is -0.675. The van der Waals surface area contributed by atoms with Crippen LogP contribution in [-0.2, 0) is 11.3 Å². The van der Waals surface area contributed by atoms with Crippen LogP contribution in [0.4, 0.5) is 11.4 Å². The van der Waals surface area contributed by atoms with Crippen molar-refractivity contribution in [1.82, 2.24) is 9.88 Å². The quantitative estimate of drug-likeness (QED) is 0.520. The second kappa shape index (κ2) is 11.0. The lowest BCUT2D eigenvalue weighted by atomic mass is 10.1. The van der Waals surface area contributed by atoms with E-state index < -0.39 is 11.9 Å². The molecule has 2 heterocycles. The number of hydrogen-bond acceptors (Lipinski definition) is 4. The Balaban J connectivity index is 1.35. The van der Waals surface area contributed by atoms with Gasteiger partial charge in [0.25, 0.3) is 11.5 Å².